The average molecular weight is 248 g/mol. The van der Waals surface area contributed by atoms with Gasteiger partial charge in [-0.3, -0.25) is 0 Å². The lowest BCUT2D eigenvalue weighted by Crippen LogP contribution is -2.33. The molecule has 1 aromatic rings. The van der Waals surface area contributed by atoms with E-state index in [2.05, 4.69) is 23.7 Å². The Hall–Kier alpha value is -1.80. The molecule has 5 nitrogen and oxygen atoms in total. The molecule has 0 radical (unpaired) electrons. The summed E-state index contributed by atoms with van der Waals surface area (Å²) in [6.07, 6.45) is 1.43. The molecule has 0 aliphatic heterocycles. The van der Waals surface area contributed by atoms with Crippen molar-refractivity contribution < 1.29 is 4.74 Å². The number of nitrogens with zero attached hydrogens (tertiary/aromatic N) is 3. The minimum Gasteiger partial charge on any atom is -0.491 e. The summed E-state index contributed by atoms with van der Waals surface area (Å²) in [5.74, 6) is 0.853. The first-order chi connectivity index (χ1) is 8.34. The van der Waals surface area contributed by atoms with E-state index >= 15 is 0 Å². The quantitative estimate of drug-likeness (QED) is 0.854. The van der Waals surface area contributed by atoms with Crippen molar-refractivity contribution in [2.75, 3.05) is 33.0 Å². The normalized spacial score (nSPS) is 11.3. The number of pyridine rings is 1. The number of rotatable bonds is 5. The Kier molecular flexibility index (Phi) is 4.51. The monoisotopic (exact) mass is 248 g/mol. The van der Waals surface area contributed by atoms with E-state index in [1.165, 1.54) is 6.20 Å². The average Bonchev–Trinajstić information content (AvgIpc) is 2.25. The van der Waals surface area contributed by atoms with Crippen molar-refractivity contribution in [1.82, 2.24) is 9.88 Å². The minimum absolute atomic E-state index is 0.00570. The third-order valence-corrected chi connectivity index (χ3v) is 2.37. The molecule has 0 fully saturated rings. The fourth-order valence-corrected chi connectivity index (χ4v) is 1.83. The summed E-state index contributed by atoms with van der Waals surface area (Å²) < 4.78 is 5.71. The minimum atomic E-state index is -0.00570. The Morgan fingerprint density at radius 1 is 1.50 bits per heavy atom. The lowest BCUT2D eigenvalue weighted by molar-refractivity contribution is 0.141. The van der Waals surface area contributed by atoms with Crippen LogP contribution in [0.4, 0.5) is 5.82 Å². The van der Waals surface area contributed by atoms with Crippen molar-refractivity contribution >= 4 is 5.82 Å². The predicted molar refractivity (Wildman–Crippen MR) is 71.2 cm³/mol. The maximum atomic E-state index is 8.97. The Balaban J connectivity index is 2.74. The van der Waals surface area contributed by atoms with Gasteiger partial charge in [0.05, 0.1) is 12.8 Å². The molecule has 98 valence electrons. The molecule has 5 heteroatoms. The first kappa shape index (κ1) is 14.3. The van der Waals surface area contributed by atoms with E-state index in [-0.39, 0.29) is 5.41 Å². The summed E-state index contributed by atoms with van der Waals surface area (Å²) in [6, 6.07) is 3.63. The molecule has 0 aliphatic carbocycles. The zero-order chi connectivity index (χ0) is 13.8. The number of hydrogen-bond acceptors (Lipinski definition) is 5. The molecule has 0 aromatic carbocycles. The molecule has 0 atom stereocenters. The molecule has 0 amide bonds. The third-order valence-electron chi connectivity index (χ3n) is 2.37. The van der Waals surface area contributed by atoms with Crippen LogP contribution in [-0.2, 0) is 0 Å². The maximum Gasteiger partial charge on any atom is 0.142 e. The van der Waals surface area contributed by atoms with Crippen LogP contribution in [-0.4, -0.2) is 37.1 Å². The predicted octanol–water partition coefficient (Wildman–Crippen LogP) is 1.50. The van der Waals surface area contributed by atoms with Crippen LogP contribution in [0.3, 0.4) is 0 Å². The second-order valence-corrected chi connectivity index (χ2v) is 5.41. The summed E-state index contributed by atoms with van der Waals surface area (Å²) in [5, 5.41) is 8.97. The molecule has 2 N–H and O–H groups in total. The van der Waals surface area contributed by atoms with Gasteiger partial charge in [-0.05, 0) is 14.1 Å². The van der Waals surface area contributed by atoms with Crippen molar-refractivity contribution in [3.05, 3.63) is 17.8 Å². The number of anilines is 1. The standard InChI is InChI=1S/C13H20N4O/c1-13(2,8-17(3)4)9-18-11-5-12(15)16-7-10(11)6-14/h5,7H,8-9H2,1-4H3,(H2,15,16). The summed E-state index contributed by atoms with van der Waals surface area (Å²) in [4.78, 5) is 5.98. The van der Waals surface area contributed by atoms with Crippen molar-refractivity contribution in [2.45, 2.75) is 13.8 Å². The largest absolute Gasteiger partial charge is 0.491 e. The van der Waals surface area contributed by atoms with E-state index in [4.69, 9.17) is 15.7 Å². The highest BCUT2D eigenvalue weighted by molar-refractivity contribution is 5.47. The third kappa shape index (κ3) is 4.22. The van der Waals surface area contributed by atoms with Crippen LogP contribution in [0.2, 0.25) is 0 Å². The molecule has 0 aliphatic rings. The van der Waals surface area contributed by atoms with E-state index in [9.17, 15) is 0 Å². The van der Waals surface area contributed by atoms with Crippen LogP contribution >= 0.6 is 0 Å². The molecule has 1 heterocycles. The Morgan fingerprint density at radius 2 is 2.17 bits per heavy atom. The second kappa shape index (κ2) is 5.69. The zero-order valence-corrected chi connectivity index (χ0v) is 11.4. The van der Waals surface area contributed by atoms with Gasteiger partial charge >= 0.3 is 0 Å². The van der Waals surface area contributed by atoms with Crippen molar-refractivity contribution in [1.29, 1.82) is 5.26 Å². The van der Waals surface area contributed by atoms with Gasteiger partial charge in [0.25, 0.3) is 0 Å². The highest BCUT2D eigenvalue weighted by atomic mass is 16.5. The van der Waals surface area contributed by atoms with Gasteiger partial charge in [-0.2, -0.15) is 5.26 Å². The number of aromatic nitrogens is 1. The van der Waals surface area contributed by atoms with Crippen LogP contribution in [0.1, 0.15) is 19.4 Å². The molecular formula is C13H20N4O. The first-order valence-corrected chi connectivity index (χ1v) is 5.77. The first-order valence-electron chi connectivity index (χ1n) is 5.77. The summed E-state index contributed by atoms with van der Waals surface area (Å²) in [7, 11) is 4.04. The lowest BCUT2D eigenvalue weighted by atomic mass is 9.94. The van der Waals surface area contributed by atoms with E-state index in [0.29, 0.717) is 23.7 Å². The maximum absolute atomic E-state index is 8.97. The second-order valence-electron chi connectivity index (χ2n) is 5.41. The van der Waals surface area contributed by atoms with Crippen molar-refractivity contribution in [2.24, 2.45) is 5.41 Å². The Bertz CT molecular complexity index is 449. The molecule has 0 bridgehead atoms. The van der Waals surface area contributed by atoms with E-state index in [0.717, 1.165) is 6.54 Å². The van der Waals surface area contributed by atoms with Gasteiger partial charge in [-0.25, -0.2) is 4.98 Å². The van der Waals surface area contributed by atoms with Gasteiger partial charge in [-0.1, -0.05) is 13.8 Å². The molecule has 0 saturated heterocycles. The van der Waals surface area contributed by atoms with Gasteiger partial charge in [0.15, 0.2) is 0 Å². The van der Waals surface area contributed by atoms with Crippen LogP contribution in [0.5, 0.6) is 5.75 Å². The number of nitrogens with two attached hydrogens (primary N) is 1. The van der Waals surface area contributed by atoms with E-state index < -0.39 is 0 Å². The van der Waals surface area contributed by atoms with Gasteiger partial charge in [-0.15, -0.1) is 0 Å². The summed E-state index contributed by atoms with van der Waals surface area (Å²) >= 11 is 0. The fourth-order valence-electron chi connectivity index (χ4n) is 1.83. The Morgan fingerprint density at radius 3 is 2.72 bits per heavy atom. The molecule has 1 aromatic heterocycles. The van der Waals surface area contributed by atoms with Crippen LogP contribution < -0.4 is 10.5 Å². The van der Waals surface area contributed by atoms with Gasteiger partial charge < -0.3 is 15.4 Å². The molecule has 0 saturated carbocycles. The lowest BCUT2D eigenvalue weighted by Gasteiger charge is -2.28. The Labute approximate surface area is 108 Å². The highest BCUT2D eigenvalue weighted by Gasteiger charge is 2.20. The topological polar surface area (TPSA) is 75.2 Å². The number of nitrogen functional groups attached to an aromatic ring is 1. The fraction of sp³-hybridized carbons (Fsp3) is 0.538. The summed E-state index contributed by atoms with van der Waals surface area (Å²) in [5.41, 5.74) is 6.00. The molecule has 1 rings (SSSR count). The SMILES string of the molecule is CN(C)CC(C)(C)COc1cc(N)ncc1C#N. The molecular weight excluding hydrogens is 228 g/mol. The number of nitriles is 1. The smallest absolute Gasteiger partial charge is 0.142 e. The van der Waals surface area contributed by atoms with Crippen LogP contribution in [0.25, 0.3) is 0 Å². The number of hydrogen-bond donors (Lipinski definition) is 1. The van der Waals surface area contributed by atoms with Gasteiger partial charge in [0.1, 0.15) is 23.2 Å². The number of ether oxygens (including phenoxy) is 1. The molecule has 18 heavy (non-hydrogen) atoms. The summed E-state index contributed by atoms with van der Waals surface area (Å²) in [6.45, 7) is 5.64. The van der Waals surface area contributed by atoms with Crippen molar-refractivity contribution in [3.8, 4) is 11.8 Å². The molecule has 0 spiro atoms. The van der Waals surface area contributed by atoms with Crippen molar-refractivity contribution in [3.63, 3.8) is 0 Å². The van der Waals surface area contributed by atoms with Gasteiger partial charge in [0.2, 0.25) is 0 Å². The van der Waals surface area contributed by atoms with E-state index in [1.54, 1.807) is 6.07 Å². The van der Waals surface area contributed by atoms with E-state index in [1.807, 2.05) is 20.2 Å². The highest BCUT2D eigenvalue weighted by Crippen LogP contribution is 2.23. The van der Waals surface area contributed by atoms with Gasteiger partial charge in [0, 0.05) is 18.0 Å². The molecule has 0 unspecified atom stereocenters. The van der Waals surface area contributed by atoms with Crippen LogP contribution in [0, 0.1) is 16.7 Å². The zero-order valence-electron chi connectivity index (χ0n) is 11.4. The van der Waals surface area contributed by atoms with Crippen LogP contribution in [0.15, 0.2) is 12.3 Å².